The molecule has 2 aromatic carbocycles. The minimum atomic E-state index is -0.260. The second kappa shape index (κ2) is 6.95. The quantitative estimate of drug-likeness (QED) is 0.771. The molecule has 3 rings (SSSR count). The Labute approximate surface area is 140 Å². The first-order valence-corrected chi connectivity index (χ1v) is 7.66. The van der Waals surface area contributed by atoms with Crippen LogP contribution in [-0.4, -0.2) is 20.8 Å². The summed E-state index contributed by atoms with van der Waals surface area (Å²) in [5.41, 5.74) is 4.83. The first-order valence-electron chi connectivity index (χ1n) is 7.66. The normalized spacial score (nSPS) is 10.4. The van der Waals surface area contributed by atoms with Crippen molar-refractivity contribution in [3.8, 4) is 0 Å². The molecule has 3 aromatic rings. The third-order valence-corrected chi connectivity index (χ3v) is 3.50. The van der Waals surface area contributed by atoms with Gasteiger partial charge < -0.3 is 10.6 Å². The molecule has 0 atom stereocenters. The number of nitrogens with zero attached hydrogens (tertiary/aromatic N) is 3. The predicted octanol–water partition coefficient (Wildman–Crippen LogP) is 3.59. The fourth-order valence-corrected chi connectivity index (χ4v) is 2.54. The molecule has 0 unspecified atom stereocenters. The maximum atomic E-state index is 12.1. The zero-order valence-corrected chi connectivity index (χ0v) is 13.7. The number of benzene rings is 2. The average Bonchev–Trinajstić information content (AvgIpc) is 3.01. The molecule has 6 nitrogen and oxygen atoms in total. The molecule has 2 amide bonds. The second-order valence-corrected chi connectivity index (χ2v) is 5.75. The van der Waals surface area contributed by atoms with E-state index in [2.05, 4.69) is 26.8 Å². The van der Waals surface area contributed by atoms with Crippen molar-refractivity contribution < 1.29 is 4.79 Å². The van der Waals surface area contributed by atoms with Crippen LogP contribution in [0.3, 0.4) is 0 Å². The number of carbonyl (C=O) groups excluding carboxylic acids is 1. The highest BCUT2D eigenvalue weighted by Gasteiger charge is 2.04. The smallest absolute Gasteiger partial charge is 0.308 e. The summed E-state index contributed by atoms with van der Waals surface area (Å²) in [5, 5.41) is 9.75. The predicted molar refractivity (Wildman–Crippen MR) is 94.1 cm³/mol. The van der Waals surface area contributed by atoms with Gasteiger partial charge in [0.15, 0.2) is 0 Å². The first kappa shape index (κ1) is 15.7. The van der Waals surface area contributed by atoms with E-state index in [4.69, 9.17) is 0 Å². The van der Waals surface area contributed by atoms with Crippen LogP contribution in [0.4, 0.5) is 16.2 Å². The summed E-state index contributed by atoms with van der Waals surface area (Å²) in [6, 6.07) is 13.3. The minimum absolute atomic E-state index is 0.260. The van der Waals surface area contributed by atoms with Gasteiger partial charge in [0.05, 0.1) is 6.54 Å². The highest BCUT2D eigenvalue weighted by atomic mass is 16.2. The third kappa shape index (κ3) is 4.19. The summed E-state index contributed by atoms with van der Waals surface area (Å²) < 4.78 is 1.75. The van der Waals surface area contributed by atoms with E-state index in [-0.39, 0.29) is 6.03 Å². The highest BCUT2D eigenvalue weighted by molar-refractivity contribution is 5.99. The molecule has 24 heavy (non-hydrogen) atoms. The fraction of sp³-hybridized carbons (Fsp3) is 0.167. The molecule has 0 aliphatic rings. The van der Waals surface area contributed by atoms with E-state index in [0.29, 0.717) is 6.54 Å². The number of hydrogen-bond donors (Lipinski definition) is 2. The Hall–Kier alpha value is -3.15. The molecule has 0 bridgehead atoms. The molecule has 1 heterocycles. The van der Waals surface area contributed by atoms with Crippen LogP contribution in [0.15, 0.2) is 55.1 Å². The lowest BCUT2D eigenvalue weighted by atomic mass is 10.1. The molecule has 0 saturated heterocycles. The monoisotopic (exact) mass is 321 g/mol. The van der Waals surface area contributed by atoms with Crippen molar-refractivity contribution in [1.82, 2.24) is 14.8 Å². The van der Waals surface area contributed by atoms with Crippen molar-refractivity contribution in [3.05, 3.63) is 71.8 Å². The van der Waals surface area contributed by atoms with E-state index in [1.807, 2.05) is 50.2 Å². The maximum absolute atomic E-state index is 12.1. The van der Waals surface area contributed by atoms with Gasteiger partial charge in [-0.05, 0) is 54.8 Å². The molecule has 0 radical (unpaired) electrons. The SMILES string of the molecule is Cc1cc(C)cc(NC(=O)Nc2ccc(Cn3cncn3)cc2)c1. The maximum Gasteiger partial charge on any atom is 0.323 e. The molecule has 0 saturated carbocycles. The van der Waals surface area contributed by atoms with Gasteiger partial charge in [-0.15, -0.1) is 0 Å². The lowest BCUT2D eigenvalue weighted by Crippen LogP contribution is -2.19. The number of aryl methyl sites for hydroxylation is 2. The molecule has 1 aromatic heterocycles. The van der Waals surface area contributed by atoms with Crippen molar-refractivity contribution in [1.29, 1.82) is 0 Å². The summed E-state index contributed by atoms with van der Waals surface area (Å²) >= 11 is 0. The molecular formula is C18H19N5O. The molecular weight excluding hydrogens is 302 g/mol. The van der Waals surface area contributed by atoms with E-state index in [1.54, 1.807) is 11.0 Å². The lowest BCUT2D eigenvalue weighted by Gasteiger charge is -2.10. The molecule has 6 heteroatoms. The Morgan fingerprint density at radius 3 is 2.29 bits per heavy atom. The van der Waals surface area contributed by atoms with Gasteiger partial charge in [-0.3, -0.25) is 0 Å². The zero-order valence-electron chi connectivity index (χ0n) is 13.7. The topological polar surface area (TPSA) is 71.8 Å². The number of hydrogen-bond acceptors (Lipinski definition) is 3. The van der Waals surface area contributed by atoms with Crippen molar-refractivity contribution in [2.75, 3.05) is 10.6 Å². The Bertz CT molecular complexity index is 805. The molecule has 0 fully saturated rings. The molecule has 0 aliphatic carbocycles. The van der Waals surface area contributed by atoms with Crippen LogP contribution in [0, 0.1) is 13.8 Å². The van der Waals surface area contributed by atoms with Gasteiger partial charge in [-0.2, -0.15) is 5.10 Å². The summed E-state index contributed by atoms with van der Waals surface area (Å²) in [6.45, 7) is 4.66. The Morgan fingerprint density at radius 1 is 1.00 bits per heavy atom. The Balaban J connectivity index is 1.60. The van der Waals surface area contributed by atoms with E-state index < -0.39 is 0 Å². The van der Waals surface area contributed by atoms with E-state index >= 15 is 0 Å². The summed E-state index contributed by atoms with van der Waals surface area (Å²) in [7, 11) is 0. The lowest BCUT2D eigenvalue weighted by molar-refractivity contribution is 0.262. The van der Waals surface area contributed by atoms with Crippen LogP contribution in [-0.2, 0) is 6.54 Å². The summed E-state index contributed by atoms with van der Waals surface area (Å²) in [6.07, 6.45) is 3.18. The fourth-order valence-electron chi connectivity index (χ4n) is 2.54. The number of amides is 2. The number of aromatic nitrogens is 3. The zero-order chi connectivity index (χ0) is 16.9. The number of anilines is 2. The van der Waals surface area contributed by atoms with Gasteiger partial charge in [0.1, 0.15) is 12.7 Å². The second-order valence-electron chi connectivity index (χ2n) is 5.75. The van der Waals surface area contributed by atoms with E-state index in [0.717, 1.165) is 28.1 Å². The summed E-state index contributed by atoms with van der Waals surface area (Å²) in [4.78, 5) is 16.0. The number of carbonyl (C=O) groups is 1. The van der Waals surface area contributed by atoms with Crippen molar-refractivity contribution in [2.24, 2.45) is 0 Å². The van der Waals surface area contributed by atoms with Gasteiger partial charge in [-0.1, -0.05) is 18.2 Å². The molecule has 0 aliphatic heterocycles. The highest BCUT2D eigenvalue weighted by Crippen LogP contribution is 2.15. The Morgan fingerprint density at radius 2 is 1.67 bits per heavy atom. The minimum Gasteiger partial charge on any atom is -0.308 e. The number of rotatable bonds is 4. The van der Waals surface area contributed by atoms with Crippen LogP contribution < -0.4 is 10.6 Å². The van der Waals surface area contributed by atoms with E-state index in [9.17, 15) is 4.79 Å². The van der Waals surface area contributed by atoms with Gasteiger partial charge in [0, 0.05) is 11.4 Å². The van der Waals surface area contributed by atoms with Crippen LogP contribution in [0.25, 0.3) is 0 Å². The first-order chi connectivity index (χ1) is 11.6. The van der Waals surface area contributed by atoms with Crippen LogP contribution in [0.1, 0.15) is 16.7 Å². The van der Waals surface area contributed by atoms with E-state index in [1.165, 1.54) is 6.33 Å². The average molecular weight is 321 g/mol. The largest absolute Gasteiger partial charge is 0.323 e. The standard InChI is InChI=1S/C18H19N5O/c1-13-7-14(2)9-17(8-13)22-18(24)21-16-5-3-15(4-6-16)10-23-12-19-11-20-23/h3-9,11-12H,10H2,1-2H3,(H2,21,22,24). The van der Waals surface area contributed by atoms with Gasteiger partial charge >= 0.3 is 6.03 Å². The third-order valence-electron chi connectivity index (χ3n) is 3.50. The van der Waals surface area contributed by atoms with Crippen LogP contribution in [0.5, 0.6) is 0 Å². The number of nitrogens with one attached hydrogen (secondary N) is 2. The molecule has 0 spiro atoms. The summed E-state index contributed by atoms with van der Waals surface area (Å²) in [5.74, 6) is 0. The van der Waals surface area contributed by atoms with Gasteiger partial charge in [0.2, 0.25) is 0 Å². The van der Waals surface area contributed by atoms with Crippen molar-refractivity contribution in [3.63, 3.8) is 0 Å². The Kier molecular flexibility index (Phi) is 4.56. The van der Waals surface area contributed by atoms with Gasteiger partial charge in [0.25, 0.3) is 0 Å². The van der Waals surface area contributed by atoms with Crippen LogP contribution in [0.2, 0.25) is 0 Å². The van der Waals surface area contributed by atoms with Gasteiger partial charge in [-0.25, -0.2) is 14.5 Å². The van der Waals surface area contributed by atoms with Crippen LogP contribution >= 0.6 is 0 Å². The van der Waals surface area contributed by atoms with Crippen molar-refractivity contribution in [2.45, 2.75) is 20.4 Å². The molecule has 2 N–H and O–H groups in total. The number of urea groups is 1. The van der Waals surface area contributed by atoms with Crippen molar-refractivity contribution >= 4 is 17.4 Å². The molecule has 122 valence electrons.